The number of nitrogens with zero attached hydrogens (tertiary/aromatic N) is 6. The first-order valence-electron chi connectivity index (χ1n) is 13.6. The summed E-state index contributed by atoms with van der Waals surface area (Å²) in [6, 6.07) is 11.6. The van der Waals surface area contributed by atoms with Crippen molar-refractivity contribution < 1.29 is 14.3 Å². The maximum Gasteiger partial charge on any atom is 0.254 e. The number of hydrogen-bond acceptors (Lipinski definition) is 10. The van der Waals surface area contributed by atoms with Gasteiger partial charge in [0.1, 0.15) is 38.8 Å². The molecule has 0 atom stereocenters. The second-order valence-electron chi connectivity index (χ2n) is 10.1. The van der Waals surface area contributed by atoms with E-state index in [0.29, 0.717) is 23.7 Å². The number of carbonyl (C=O) groups excluding carboxylic acids is 1. The van der Waals surface area contributed by atoms with Gasteiger partial charge in [-0.05, 0) is 39.3 Å². The molecule has 42 heavy (non-hydrogen) atoms. The van der Waals surface area contributed by atoms with Gasteiger partial charge in [0.05, 0.1) is 29.2 Å². The Balaban J connectivity index is 1.19. The van der Waals surface area contributed by atoms with Crippen molar-refractivity contribution in [2.45, 2.75) is 46.8 Å². The number of hydrogen-bond donors (Lipinski definition) is 0. The van der Waals surface area contributed by atoms with Crippen molar-refractivity contribution >= 4 is 55.1 Å². The van der Waals surface area contributed by atoms with Gasteiger partial charge in [0, 0.05) is 41.2 Å². The smallest absolute Gasteiger partial charge is 0.254 e. The maximum atomic E-state index is 13.0. The number of imidazole rings is 1. The number of fused-ring (bicyclic) bond motifs is 2. The van der Waals surface area contributed by atoms with Gasteiger partial charge in [0.2, 0.25) is 4.96 Å². The van der Waals surface area contributed by atoms with Gasteiger partial charge in [-0.3, -0.25) is 4.79 Å². The van der Waals surface area contributed by atoms with Gasteiger partial charge < -0.3 is 14.4 Å². The molecule has 0 saturated carbocycles. The highest BCUT2D eigenvalue weighted by Crippen LogP contribution is 2.39. The van der Waals surface area contributed by atoms with Crippen molar-refractivity contribution in [1.82, 2.24) is 29.5 Å². The van der Waals surface area contributed by atoms with Crippen LogP contribution < -0.4 is 9.47 Å². The summed E-state index contributed by atoms with van der Waals surface area (Å²) in [4.78, 5) is 30.1. The highest BCUT2D eigenvalue weighted by atomic mass is 32.1. The maximum absolute atomic E-state index is 13.0. The Hall–Kier alpha value is -3.87. The number of carbonyl (C=O) groups is 1. The van der Waals surface area contributed by atoms with Gasteiger partial charge in [0.15, 0.2) is 0 Å². The summed E-state index contributed by atoms with van der Waals surface area (Å²) >= 11 is 4.62. The van der Waals surface area contributed by atoms with E-state index in [2.05, 4.69) is 12.0 Å². The van der Waals surface area contributed by atoms with Gasteiger partial charge in [-0.2, -0.15) is 5.10 Å². The highest BCUT2D eigenvalue weighted by Gasteiger charge is 2.19. The summed E-state index contributed by atoms with van der Waals surface area (Å²) in [5.41, 5.74) is 4.04. The molecule has 0 spiro atoms. The molecule has 0 saturated heterocycles. The van der Waals surface area contributed by atoms with E-state index in [4.69, 9.17) is 24.4 Å². The molecule has 0 unspecified atom stereocenters. The van der Waals surface area contributed by atoms with Crippen LogP contribution in [-0.4, -0.2) is 55.1 Å². The van der Waals surface area contributed by atoms with Crippen LogP contribution in [0.5, 0.6) is 11.5 Å². The van der Waals surface area contributed by atoms with Gasteiger partial charge in [-0.1, -0.05) is 30.4 Å². The Bertz CT molecular complexity index is 1840. The fraction of sp³-hybridized carbons (Fsp3) is 0.300. The van der Waals surface area contributed by atoms with Gasteiger partial charge in [-0.25, -0.2) is 19.5 Å². The Morgan fingerprint density at radius 1 is 1.07 bits per heavy atom. The highest BCUT2D eigenvalue weighted by molar-refractivity contribution is 7.22. The normalized spacial score (nSPS) is 11.6. The first-order valence-corrected chi connectivity index (χ1v) is 16.1. The summed E-state index contributed by atoms with van der Waals surface area (Å²) in [5.74, 6) is 1.41. The molecule has 1 amide bonds. The minimum absolute atomic E-state index is 0.0574. The average Bonchev–Trinajstić information content (AvgIpc) is 3.77. The number of aromatic nitrogens is 5. The number of benzene rings is 2. The molecule has 0 aliphatic carbocycles. The molecule has 12 heteroatoms. The Morgan fingerprint density at radius 3 is 2.60 bits per heavy atom. The molecule has 4 heterocycles. The molecule has 2 aromatic carbocycles. The average molecular weight is 619 g/mol. The fourth-order valence-corrected chi connectivity index (χ4v) is 7.13. The van der Waals surface area contributed by atoms with Gasteiger partial charge in [-0.15, -0.1) is 22.7 Å². The minimum Gasteiger partial charge on any atom is -0.497 e. The van der Waals surface area contributed by atoms with Crippen LogP contribution in [0.1, 0.15) is 48.3 Å². The van der Waals surface area contributed by atoms with E-state index in [1.165, 1.54) is 11.3 Å². The van der Waals surface area contributed by atoms with E-state index in [1.807, 2.05) is 73.6 Å². The summed E-state index contributed by atoms with van der Waals surface area (Å²) in [5, 5.41) is 9.09. The van der Waals surface area contributed by atoms with Crippen LogP contribution in [0.25, 0.3) is 36.5 Å². The molecule has 0 radical (unpaired) electrons. The first kappa shape index (κ1) is 28.3. The zero-order chi connectivity index (χ0) is 29.4. The molecular weight excluding hydrogens is 589 g/mol. The van der Waals surface area contributed by atoms with Crippen LogP contribution in [0.15, 0.2) is 48.0 Å². The Labute approximate surface area is 255 Å². The lowest BCUT2D eigenvalue weighted by Crippen LogP contribution is -2.37. The topological polar surface area (TPSA) is 94.7 Å². The van der Waals surface area contributed by atoms with E-state index in [0.717, 1.165) is 60.1 Å². The fourth-order valence-electron chi connectivity index (χ4n) is 4.63. The molecule has 6 aromatic rings. The van der Waals surface area contributed by atoms with Crippen LogP contribution in [0.4, 0.5) is 0 Å². The molecular formula is C30H30N6O3S3. The van der Waals surface area contributed by atoms with E-state index in [9.17, 15) is 4.79 Å². The molecule has 9 nitrogen and oxygen atoms in total. The molecule has 0 N–H and O–H groups in total. The standard InChI is InChI=1S/C30H30N6O3S3/c1-6-11-35(17(2)3)29(37)20-9-7-19(8-10-20)27-31-21(16-40-27)15-39-25-13-22(38-5)12-23-26(25)42-28(32-23)24-14-36-30(33-24)41-18(4)34-36/h7-10,12-14,16-17H,6,11,15H2,1-5H3. The van der Waals surface area contributed by atoms with Crippen LogP contribution in [0.3, 0.4) is 0 Å². The van der Waals surface area contributed by atoms with Crippen molar-refractivity contribution in [3.8, 4) is 32.8 Å². The first-order chi connectivity index (χ1) is 20.3. The summed E-state index contributed by atoms with van der Waals surface area (Å²) in [7, 11) is 1.63. The molecule has 6 rings (SSSR count). The second-order valence-corrected chi connectivity index (χ2v) is 13.1. The van der Waals surface area contributed by atoms with Crippen molar-refractivity contribution in [1.29, 1.82) is 0 Å². The molecule has 0 aliphatic rings. The Kier molecular flexibility index (Phi) is 7.93. The summed E-state index contributed by atoms with van der Waals surface area (Å²) in [6.07, 6.45) is 2.83. The van der Waals surface area contributed by atoms with Crippen LogP contribution in [0.2, 0.25) is 0 Å². The van der Waals surface area contributed by atoms with Gasteiger partial charge in [0.25, 0.3) is 5.91 Å². The number of methoxy groups -OCH3 is 1. The van der Waals surface area contributed by atoms with Crippen molar-refractivity contribution in [3.05, 3.63) is 64.2 Å². The molecule has 0 fully saturated rings. The quantitative estimate of drug-likeness (QED) is 0.158. The number of amides is 1. The number of rotatable bonds is 10. The predicted molar refractivity (Wildman–Crippen MR) is 169 cm³/mol. The third kappa shape index (κ3) is 5.61. The molecule has 0 aliphatic heterocycles. The molecule has 216 valence electrons. The van der Waals surface area contributed by atoms with Crippen LogP contribution in [-0.2, 0) is 6.61 Å². The minimum atomic E-state index is 0.0574. The number of aryl methyl sites for hydroxylation is 1. The lowest BCUT2D eigenvalue weighted by Gasteiger charge is -2.26. The lowest BCUT2D eigenvalue weighted by atomic mass is 10.1. The molecule has 0 bridgehead atoms. The van der Waals surface area contributed by atoms with E-state index in [-0.39, 0.29) is 11.9 Å². The largest absolute Gasteiger partial charge is 0.497 e. The van der Waals surface area contributed by atoms with Crippen LogP contribution >= 0.6 is 34.0 Å². The monoisotopic (exact) mass is 618 g/mol. The second kappa shape index (κ2) is 11.8. The number of thiazole rings is 2. The van der Waals surface area contributed by atoms with Crippen molar-refractivity contribution in [2.75, 3.05) is 13.7 Å². The van der Waals surface area contributed by atoms with E-state index >= 15 is 0 Å². The van der Waals surface area contributed by atoms with Crippen molar-refractivity contribution in [3.63, 3.8) is 0 Å². The van der Waals surface area contributed by atoms with Crippen molar-refractivity contribution in [2.24, 2.45) is 0 Å². The zero-order valence-corrected chi connectivity index (χ0v) is 26.4. The van der Waals surface area contributed by atoms with E-state index in [1.54, 1.807) is 34.3 Å². The van der Waals surface area contributed by atoms with Crippen LogP contribution in [0, 0.1) is 6.92 Å². The third-order valence-electron chi connectivity index (χ3n) is 6.68. The zero-order valence-electron chi connectivity index (χ0n) is 24.0. The number of ether oxygens (including phenoxy) is 2. The van der Waals surface area contributed by atoms with Gasteiger partial charge >= 0.3 is 0 Å². The predicted octanol–water partition coefficient (Wildman–Crippen LogP) is 7.35. The SMILES string of the molecule is CCCN(C(=O)c1ccc(-c2nc(COc3cc(OC)cc4nc(-c5cn6nc(C)sc6n5)sc34)cs2)cc1)C(C)C. The molecule has 4 aromatic heterocycles. The third-order valence-corrected chi connectivity index (χ3v) is 9.57. The van der Waals surface area contributed by atoms with E-state index < -0.39 is 0 Å². The summed E-state index contributed by atoms with van der Waals surface area (Å²) < 4.78 is 14.5. The summed E-state index contributed by atoms with van der Waals surface area (Å²) in [6.45, 7) is 9.19. The Morgan fingerprint density at radius 2 is 1.88 bits per heavy atom. The lowest BCUT2D eigenvalue weighted by molar-refractivity contribution is 0.0706.